The zero-order chi connectivity index (χ0) is 26.9. The smallest absolute Gasteiger partial charge is 0.319 e. The molecule has 1 aromatic carbocycles. The van der Waals surface area contributed by atoms with Crippen molar-refractivity contribution >= 4 is 17.5 Å². The van der Waals surface area contributed by atoms with Gasteiger partial charge in [-0.15, -0.1) is 0 Å². The molecule has 2 amide bonds. The quantitative estimate of drug-likeness (QED) is 0.591. The second-order valence-corrected chi connectivity index (χ2v) is 11.3. The van der Waals surface area contributed by atoms with E-state index in [1.165, 1.54) is 5.56 Å². The van der Waals surface area contributed by atoms with Crippen LogP contribution in [-0.2, 0) is 22.4 Å². The molecule has 3 unspecified atom stereocenters. The Bertz CT molecular complexity index is 1140. The highest BCUT2D eigenvalue weighted by Crippen LogP contribution is 2.38. The van der Waals surface area contributed by atoms with Gasteiger partial charge in [0, 0.05) is 49.0 Å². The molecule has 4 heterocycles. The van der Waals surface area contributed by atoms with Crippen molar-refractivity contribution in [1.82, 2.24) is 20.2 Å². The average molecular weight is 523 g/mol. The number of carbonyl (C=O) groups excluding carboxylic acids is 1. The van der Waals surface area contributed by atoms with Crippen LogP contribution in [0.15, 0.2) is 24.3 Å². The van der Waals surface area contributed by atoms with Crippen LogP contribution in [0.5, 0.6) is 0 Å². The van der Waals surface area contributed by atoms with Crippen molar-refractivity contribution in [1.29, 1.82) is 0 Å². The topological polar surface area (TPSA) is 91.9 Å². The number of aromatic nitrogens is 2. The molecule has 2 aromatic rings. The van der Waals surface area contributed by atoms with Gasteiger partial charge in [-0.2, -0.15) is 0 Å². The Morgan fingerprint density at radius 2 is 1.97 bits per heavy atom. The van der Waals surface area contributed by atoms with E-state index < -0.39 is 0 Å². The highest BCUT2D eigenvalue weighted by atomic mass is 16.5. The second-order valence-electron chi connectivity index (χ2n) is 11.3. The van der Waals surface area contributed by atoms with Crippen LogP contribution >= 0.6 is 0 Å². The third-order valence-corrected chi connectivity index (χ3v) is 8.43. The van der Waals surface area contributed by atoms with E-state index >= 15 is 0 Å². The maximum atomic E-state index is 11.9. The lowest BCUT2D eigenvalue weighted by molar-refractivity contribution is -0.0183. The summed E-state index contributed by atoms with van der Waals surface area (Å²) in [5, 5.41) is 5.62. The fourth-order valence-electron chi connectivity index (χ4n) is 5.70. The van der Waals surface area contributed by atoms with E-state index in [4.69, 9.17) is 19.4 Å². The third-order valence-electron chi connectivity index (χ3n) is 8.43. The van der Waals surface area contributed by atoms with Crippen LogP contribution in [-0.4, -0.2) is 78.0 Å². The van der Waals surface area contributed by atoms with Gasteiger partial charge in [0.15, 0.2) is 5.82 Å². The van der Waals surface area contributed by atoms with Gasteiger partial charge in [-0.05, 0) is 63.8 Å². The summed E-state index contributed by atoms with van der Waals surface area (Å²) in [4.78, 5) is 27.1. The Morgan fingerprint density at radius 3 is 2.66 bits per heavy atom. The highest BCUT2D eigenvalue weighted by Gasteiger charge is 2.42. The predicted molar refractivity (Wildman–Crippen MR) is 150 cm³/mol. The molecule has 3 aliphatic heterocycles. The van der Waals surface area contributed by atoms with Crippen LogP contribution in [0.4, 0.5) is 16.3 Å². The van der Waals surface area contributed by atoms with Gasteiger partial charge in [0.25, 0.3) is 0 Å². The van der Waals surface area contributed by atoms with Crippen molar-refractivity contribution in [3.8, 4) is 11.4 Å². The molecular formula is C29H42N6O3. The predicted octanol–water partition coefficient (Wildman–Crippen LogP) is 4.07. The number of nitrogens with zero attached hydrogens (tertiary/aromatic N) is 4. The summed E-state index contributed by atoms with van der Waals surface area (Å²) in [6.45, 7) is 16.2. The Morgan fingerprint density at radius 1 is 1.18 bits per heavy atom. The maximum absolute atomic E-state index is 11.9. The molecule has 206 valence electrons. The molecule has 0 saturated carbocycles. The number of rotatable bonds is 6. The average Bonchev–Trinajstić information content (AvgIpc) is 3.32. The number of carbonyl (C=O) groups is 1. The first kappa shape index (κ1) is 26.8. The molecular weight excluding hydrogens is 480 g/mol. The summed E-state index contributed by atoms with van der Waals surface area (Å²) in [5.74, 6) is 2.25. The van der Waals surface area contributed by atoms with Crippen LogP contribution in [0, 0.1) is 5.92 Å². The molecule has 0 radical (unpaired) electrons. The zero-order valence-electron chi connectivity index (χ0n) is 23.4. The molecule has 9 heteroatoms. The van der Waals surface area contributed by atoms with Gasteiger partial charge in [-0.25, -0.2) is 14.8 Å². The lowest BCUT2D eigenvalue weighted by atomic mass is 9.87. The van der Waals surface area contributed by atoms with Gasteiger partial charge in [0.1, 0.15) is 5.82 Å². The molecule has 3 atom stereocenters. The number of morpholine rings is 1. The number of hydrogen-bond acceptors (Lipinski definition) is 7. The zero-order valence-corrected chi connectivity index (χ0v) is 23.4. The fourth-order valence-corrected chi connectivity index (χ4v) is 5.70. The van der Waals surface area contributed by atoms with Crippen molar-refractivity contribution in [3.05, 3.63) is 35.5 Å². The Labute approximate surface area is 226 Å². The molecule has 9 nitrogen and oxygen atoms in total. The molecule has 0 bridgehead atoms. The lowest BCUT2D eigenvalue weighted by Gasteiger charge is -2.39. The van der Waals surface area contributed by atoms with E-state index in [0.717, 1.165) is 67.7 Å². The third kappa shape index (κ3) is 5.51. The number of ether oxygens (including phenoxy) is 2. The second kappa shape index (κ2) is 11.2. The van der Waals surface area contributed by atoms with Gasteiger partial charge < -0.3 is 25.0 Å². The van der Waals surface area contributed by atoms with Crippen molar-refractivity contribution in [2.45, 2.75) is 71.7 Å². The van der Waals surface area contributed by atoms with E-state index in [1.807, 2.05) is 31.2 Å². The number of nitrogens with one attached hydrogen (secondary N) is 2. The molecule has 38 heavy (non-hydrogen) atoms. The fraction of sp³-hybridized carbons (Fsp3) is 0.621. The van der Waals surface area contributed by atoms with Crippen molar-refractivity contribution in [2.24, 2.45) is 5.92 Å². The standard InChI is InChI=1S/C29H42N6O3/c1-6-30-28(36)31-22-9-7-21(8-10-22)26-32-25-16-34(23-15-29(5,19(2)3)38-18-23)12-11-24(25)27(33-26)35-13-14-37-17-20(35)4/h7-10,19-20,23H,6,11-18H2,1-5H3,(H2,30,31,36). The van der Waals surface area contributed by atoms with E-state index in [-0.39, 0.29) is 17.7 Å². The van der Waals surface area contributed by atoms with E-state index in [0.29, 0.717) is 31.7 Å². The minimum absolute atomic E-state index is 0.0695. The van der Waals surface area contributed by atoms with Crippen LogP contribution in [0.25, 0.3) is 11.4 Å². The van der Waals surface area contributed by atoms with Crippen molar-refractivity contribution < 1.29 is 14.3 Å². The normalized spacial score (nSPS) is 25.9. The van der Waals surface area contributed by atoms with Gasteiger partial charge in [0.05, 0.1) is 37.2 Å². The maximum Gasteiger partial charge on any atom is 0.319 e. The Hall–Kier alpha value is -2.75. The molecule has 0 spiro atoms. The first-order chi connectivity index (χ1) is 18.3. The number of amides is 2. The molecule has 1 aromatic heterocycles. The first-order valence-electron chi connectivity index (χ1n) is 14.0. The Balaban J connectivity index is 1.44. The van der Waals surface area contributed by atoms with Crippen LogP contribution in [0.3, 0.4) is 0 Å². The highest BCUT2D eigenvalue weighted by molar-refractivity contribution is 5.89. The van der Waals surface area contributed by atoms with E-state index in [1.54, 1.807) is 0 Å². The van der Waals surface area contributed by atoms with Crippen molar-refractivity contribution in [3.63, 3.8) is 0 Å². The van der Waals surface area contributed by atoms with E-state index in [2.05, 4.69) is 48.1 Å². The number of anilines is 2. The van der Waals surface area contributed by atoms with Gasteiger partial charge in [0.2, 0.25) is 0 Å². The summed E-state index contributed by atoms with van der Waals surface area (Å²) in [7, 11) is 0. The first-order valence-corrected chi connectivity index (χ1v) is 14.0. The number of urea groups is 1. The summed E-state index contributed by atoms with van der Waals surface area (Å²) >= 11 is 0. The minimum atomic E-state index is -0.210. The lowest BCUT2D eigenvalue weighted by Crippen LogP contribution is -2.46. The molecule has 2 saturated heterocycles. The number of fused-ring (bicyclic) bond motifs is 1. The SMILES string of the molecule is CCNC(=O)Nc1ccc(-c2nc3c(c(N4CCOCC4C)n2)CCN(C2COC(C)(C(C)C)C2)C3)cc1. The van der Waals surface area contributed by atoms with Gasteiger partial charge in [-0.1, -0.05) is 13.8 Å². The molecule has 2 fully saturated rings. The van der Waals surface area contributed by atoms with Crippen LogP contribution in [0.2, 0.25) is 0 Å². The van der Waals surface area contributed by atoms with Crippen LogP contribution in [0.1, 0.15) is 52.3 Å². The van der Waals surface area contributed by atoms with Crippen LogP contribution < -0.4 is 15.5 Å². The van der Waals surface area contributed by atoms with Gasteiger partial charge in [-0.3, -0.25) is 4.90 Å². The molecule has 5 rings (SSSR count). The number of benzene rings is 1. The summed E-state index contributed by atoms with van der Waals surface area (Å²) in [6, 6.07) is 8.22. The largest absolute Gasteiger partial charge is 0.377 e. The summed E-state index contributed by atoms with van der Waals surface area (Å²) in [5.41, 5.74) is 3.97. The van der Waals surface area contributed by atoms with Gasteiger partial charge >= 0.3 is 6.03 Å². The molecule has 2 N–H and O–H groups in total. The summed E-state index contributed by atoms with van der Waals surface area (Å²) in [6.07, 6.45) is 1.98. The monoisotopic (exact) mass is 522 g/mol. The molecule has 0 aliphatic carbocycles. The molecule has 3 aliphatic rings. The minimum Gasteiger partial charge on any atom is -0.377 e. The summed E-state index contributed by atoms with van der Waals surface area (Å²) < 4.78 is 12.0. The number of hydrogen-bond donors (Lipinski definition) is 2. The Kier molecular flexibility index (Phi) is 7.88. The van der Waals surface area contributed by atoms with Crippen molar-refractivity contribution in [2.75, 3.05) is 49.7 Å². The van der Waals surface area contributed by atoms with E-state index in [9.17, 15) is 4.79 Å².